The van der Waals surface area contributed by atoms with Gasteiger partial charge in [-0.2, -0.15) is 0 Å². The molecule has 0 saturated heterocycles. The van der Waals surface area contributed by atoms with E-state index in [1.807, 2.05) is 0 Å². The molecule has 0 amide bonds. The predicted octanol–water partition coefficient (Wildman–Crippen LogP) is 0.802. The number of carboxylic acids is 1. The first-order valence-electron chi connectivity index (χ1n) is 3.17. The van der Waals surface area contributed by atoms with E-state index in [2.05, 4.69) is 0 Å². The van der Waals surface area contributed by atoms with Gasteiger partial charge in [0.05, 0.1) is 0 Å². The summed E-state index contributed by atoms with van der Waals surface area (Å²) in [6, 6.07) is 8.26. The number of hydrogen-bond acceptors (Lipinski definition) is 2. The van der Waals surface area contributed by atoms with Gasteiger partial charge in [0, 0.05) is 26.2 Å². The molecule has 4 heteroatoms. The van der Waals surface area contributed by atoms with Crippen molar-refractivity contribution >= 4 is 5.97 Å². The van der Waals surface area contributed by atoms with Gasteiger partial charge in [0.25, 0.3) is 0 Å². The average molecular weight is 243 g/mol. The molecule has 0 radical (unpaired) electrons. The van der Waals surface area contributed by atoms with Crippen LogP contribution in [0.5, 0.6) is 0 Å². The average Bonchev–Trinajstić information content (AvgIpc) is 2.05. The summed E-state index contributed by atoms with van der Waals surface area (Å²) in [5.41, 5.74) is 0.403. The van der Waals surface area contributed by atoms with Crippen molar-refractivity contribution < 1.29 is 41.2 Å². The predicted molar refractivity (Wildman–Crippen MR) is 39.0 cm³/mol. The molecule has 1 rings (SSSR count). The monoisotopic (exact) mass is 242 g/mol. The molecule has 0 aliphatic carbocycles. The minimum atomic E-state index is -1.41. The Labute approximate surface area is 89.2 Å². The molecule has 1 aromatic carbocycles. The van der Waals surface area contributed by atoms with Crippen LogP contribution in [-0.2, 0) is 31.0 Å². The van der Waals surface area contributed by atoms with Crippen LogP contribution in [0.25, 0.3) is 0 Å². The van der Waals surface area contributed by atoms with E-state index in [-0.39, 0.29) is 26.2 Å². The summed E-state index contributed by atoms with van der Waals surface area (Å²) in [6.45, 7) is 0. The van der Waals surface area contributed by atoms with Crippen molar-refractivity contribution in [2.75, 3.05) is 0 Å². The molecule has 0 saturated carbocycles. The van der Waals surface area contributed by atoms with Crippen molar-refractivity contribution in [1.29, 1.82) is 0 Å². The Morgan fingerprint density at radius 1 is 1.25 bits per heavy atom. The van der Waals surface area contributed by atoms with Crippen LogP contribution in [-0.4, -0.2) is 16.2 Å². The summed E-state index contributed by atoms with van der Waals surface area (Å²) in [6.07, 6.45) is -1.41. The van der Waals surface area contributed by atoms with Crippen LogP contribution >= 0.6 is 0 Å². The molecule has 2 N–H and O–H groups in total. The molecular weight excluding hydrogens is 235 g/mol. The van der Waals surface area contributed by atoms with E-state index in [1.54, 1.807) is 30.3 Å². The van der Waals surface area contributed by atoms with Gasteiger partial charge in [-0.05, 0) is 5.56 Å². The second-order valence-corrected chi connectivity index (χ2v) is 2.15. The Bertz CT molecular complexity index is 248. The first-order chi connectivity index (χ1) is 5.22. The number of carboxylic acid groups (broad SMARTS) is 1. The molecule has 0 fully saturated rings. The molecule has 0 aromatic heterocycles. The molecule has 0 bridgehead atoms. The molecule has 1 aromatic rings. The van der Waals surface area contributed by atoms with Crippen LogP contribution in [0, 0.1) is 0 Å². The molecule has 62 valence electrons. The fourth-order valence-corrected chi connectivity index (χ4v) is 0.778. The molecule has 0 unspecified atom stereocenters. The molecule has 0 aliphatic heterocycles. The van der Waals surface area contributed by atoms with Gasteiger partial charge in [-0.3, -0.25) is 0 Å². The van der Waals surface area contributed by atoms with Crippen LogP contribution in [0.4, 0.5) is 0 Å². The third-order valence-electron chi connectivity index (χ3n) is 1.35. The Morgan fingerprint density at radius 2 is 1.75 bits per heavy atom. The molecule has 12 heavy (non-hydrogen) atoms. The molecule has 0 aliphatic rings. The summed E-state index contributed by atoms with van der Waals surface area (Å²) in [5, 5.41) is 17.4. The van der Waals surface area contributed by atoms with E-state index >= 15 is 0 Å². The second-order valence-electron chi connectivity index (χ2n) is 2.15. The summed E-state index contributed by atoms with van der Waals surface area (Å²) < 4.78 is 0. The van der Waals surface area contributed by atoms with Gasteiger partial charge in [0.1, 0.15) is 0 Å². The van der Waals surface area contributed by atoms with E-state index in [1.165, 1.54) is 0 Å². The van der Waals surface area contributed by atoms with E-state index in [9.17, 15) is 4.79 Å². The smallest absolute Gasteiger partial charge is 0.337 e. The number of aliphatic hydroxyl groups is 1. The normalized spacial score (nSPS) is 11.4. The van der Waals surface area contributed by atoms with Gasteiger partial charge >= 0.3 is 5.97 Å². The van der Waals surface area contributed by atoms with Gasteiger partial charge in [0.15, 0.2) is 6.10 Å². The minimum Gasteiger partial charge on any atom is -0.479 e. The standard InChI is InChI=1S/C8H8O3.Zr/c9-7(8(10)11)6-4-2-1-3-5-6;/h1-5,7,9H,(H,10,11);/t7-;/m1./s1. The van der Waals surface area contributed by atoms with Gasteiger partial charge in [-0.15, -0.1) is 0 Å². The second kappa shape index (κ2) is 5.23. The number of aliphatic hydroxyl groups excluding tert-OH is 1. The van der Waals surface area contributed by atoms with E-state index < -0.39 is 12.1 Å². The molecule has 0 heterocycles. The van der Waals surface area contributed by atoms with Crippen LogP contribution in [0.3, 0.4) is 0 Å². The van der Waals surface area contributed by atoms with Crippen LogP contribution in [0.15, 0.2) is 30.3 Å². The molecular formula is C8H8O3Zr. The number of aliphatic carboxylic acids is 1. The zero-order chi connectivity index (χ0) is 8.27. The zero-order valence-corrected chi connectivity index (χ0v) is 8.72. The third-order valence-corrected chi connectivity index (χ3v) is 1.35. The minimum absolute atomic E-state index is 0. The summed E-state index contributed by atoms with van der Waals surface area (Å²) in [5.74, 6) is -1.23. The van der Waals surface area contributed by atoms with E-state index in [0.29, 0.717) is 5.56 Å². The molecule has 0 spiro atoms. The first kappa shape index (κ1) is 11.5. The van der Waals surface area contributed by atoms with Crippen molar-refractivity contribution in [2.24, 2.45) is 0 Å². The number of rotatable bonds is 2. The first-order valence-corrected chi connectivity index (χ1v) is 3.17. The summed E-state index contributed by atoms with van der Waals surface area (Å²) in [7, 11) is 0. The fourth-order valence-electron chi connectivity index (χ4n) is 0.778. The maximum absolute atomic E-state index is 10.2. The van der Waals surface area contributed by atoms with E-state index in [0.717, 1.165) is 0 Å². The van der Waals surface area contributed by atoms with Crippen LogP contribution in [0.2, 0.25) is 0 Å². The quantitative estimate of drug-likeness (QED) is 0.808. The van der Waals surface area contributed by atoms with Crippen molar-refractivity contribution in [3.8, 4) is 0 Å². The number of hydrogen-bond donors (Lipinski definition) is 2. The summed E-state index contributed by atoms with van der Waals surface area (Å²) in [4.78, 5) is 10.2. The Hall–Kier alpha value is -0.467. The largest absolute Gasteiger partial charge is 0.479 e. The van der Waals surface area contributed by atoms with Crippen LogP contribution in [0.1, 0.15) is 11.7 Å². The number of benzene rings is 1. The van der Waals surface area contributed by atoms with Gasteiger partial charge in [-0.1, -0.05) is 30.3 Å². The topological polar surface area (TPSA) is 57.5 Å². The van der Waals surface area contributed by atoms with Crippen molar-refractivity contribution in [3.63, 3.8) is 0 Å². The maximum Gasteiger partial charge on any atom is 0.337 e. The Kier molecular flexibility index (Phi) is 5.02. The molecule has 3 nitrogen and oxygen atoms in total. The van der Waals surface area contributed by atoms with Crippen molar-refractivity contribution in [2.45, 2.75) is 6.10 Å². The van der Waals surface area contributed by atoms with Crippen molar-refractivity contribution in [3.05, 3.63) is 35.9 Å². The fraction of sp³-hybridized carbons (Fsp3) is 0.125. The van der Waals surface area contributed by atoms with Gasteiger partial charge in [-0.25, -0.2) is 4.79 Å². The summed E-state index contributed by atoms with van der Waals surface area (Å²) >= 11 is 0. The van der Waals surface area contributed by atoms with Gasteiger partial charge < -0.3 is 10.2 Å². The SMILES string of the molecule is O=C(O)[C@H](O)c1ccccc1.[Zr]. The van der Waals surface area contributed by atoms with E-state index in [4.69, 9.17) is 10.2 Å². The van der Waals surface area contributed by atoms with Crippen molar-refractivity contribution in [1.82, 2.24) is 0 Å². The maximum atomic E-state index is 10.2. The Morgan fingerprint density at radius 3 is 2.17 bits per heavy atom. The Balaban J connectivity index is 0.00000121. The third kappa shape index (κ3) is 2.88. The van der Waals surface area contributed by atoms with Crippen LogP contribution < -0.4 is 0 Å². The zero-order valence-electron chi connectivity index (χ0n) is 6.27. The number of carbonyl (C=O) groups is 1. The molecule has 1 atom stereocenters. The van der Waals surface area contributed by atoms with Gasteiger partial charge in [0.2, 0.25) is 0 Å².